The smallest absolute Gasteiger partial charge is 0.415 e. The highest BCUT2D eigenvalue weighted by Crippen LogP contribution is 2.44. The van der Waals surface area contributed by atoms with Gasteiger partial charge in [0.2, 0.25) is 5.91 Å². The average Bonchev–Trinajstić information content (AvgIpc) is 1.29. The number of tetrazole rings is 1. The van der Waals surface area contributed by atoms with Crippen LogP contribution in [0.1, 0.15) is 105 Å². The van der Waals surface area contributed by atoms with E-state index >= 15 is 0 Å². The molecule has 3 heterocycles. The normalized spacial score (nSPS) is 13.1. The molecule has 10 aromatic rings. The molecule has 500 valence electrons. The summed E-state index contributed by atoms with van der Waals surface area (Å²) in [6.07, 6.45) is -0.0103. The van der Waals surface area contributed by atoms with E-state index in [1.54, 1.807) is 113 Å². The van der Waals surface area contributed by atoms with Gasteiger partial charge in [-0.1, -0.05) is 170 Å². The molecule has 0 aliphatic carbocycles. The van der Waals surface area contributed by atoms with Crippen LogP contribution in [0.4, 0.5) is 31.4 Å². The van der Waals surface area contributed by atoms with Gasteiger partial charge in [-0.3, -0.25) is 29.5 Å². The monoisotopic (exact) mass is 1330 g/mol. The lowest BCUT2D eigenvalue weighted by atomic mass is 9.77. The summed E-state index contributed by atoms with van der Waals surface area (Å²) < 4.78 is 27.4. The van der Waals surface area contributed by atoms with E-state index in [4.69, 9.17) is 34.2 Å². The Labute approximate surface area is 571 Å². The van der Waals surface area contributed by atoms with E-state index in [1.807, 2.05) is 115 Å². The van der Waals surface area contributed by atoms with Crippen molar-refractivity contribution in [1.29, 1.82) is 0 Å². The molecule has 5 amide bonds. The molecular formula is C76H74N10O11S. The van der Waals surface area contributed by atoms with Gasteiger partial charge in [-0.25, -0.2) is 24.0 Å². The number of hydrogen-bond acceptors (Lipinski definition) is 15. The molecule has 11 rings (SSSR count). The number of carboxylic acid groups (broad SMARTS) is 1. The van der Waals surface area contributed by atoms with Crippen molar-refractivity contribution in [3.05, 3.63) is 251 Å². The molecule has 0 saturated carbocycles. The van der Waals surface area contributed by atoms with Crippen molar-refractivity contribution in [3.8, 4) is 39.8 Å². The zero-order valence-electron chi connectivity index (χ0n) is 55.5. The topological polar surface area (TPSA) is 252 Å². The molecule has 0 bridgehead atoms. The lowest BCUT2D eigenvalue weighted by molar-refractivity contribution is -0.119. The number of carboxylic acids is 1. The van der Waals surface area contributed by atoms with Crippen molar-refractivity contribution in [2.45, 2.75) is 103 Å². The standard InChI is InChI=1S/C76H74N10O11S/c1-9-21-65-77-62(67(70(89)90)85(65)46-50-30-34-51(35-31-50)59-28-19-20-29-60(59)68-80-81-82-86(68)76(52-22-13-10-14-23-52,53-24-15-11-16-25-53)54-26-17-12-18-27-54)47-84(73(93)97-75(5,6)7)55-36-40-57(41-37-55)95-58-42-43-61(63(45-58)83(8)72(92)96-74(2,3)4)78-66(87)48-94-56-38-32-49(33-39-56)44-64-69(88)79-71(91)98-64/h10-20,22-43,45,64H,9,21,44,46-48H2,1-8H3,(H,78,87)(H,89,90)(H,79,88,91). The maximum atomic E-state index is 14.4. The first-order valence-electron chi connectivity index (χ1n) is 31.9. The molecule has 1 unspecified atom stereocenters. The van der Waals surface area contributed by atoms with Gasteiger partial charge in [0, 0.05) is 37.3 Å². The van der Waals surface area contributed by atoms with Crippen LogP contribution in [0.15, 0.2) is 206 Å². The third kappa shape index (κ3) is 15.6. The molecule has 1 atom stereocenters. The van der Waals surface area contributed by atoms with Gasteiger partial charge in [-0.2, -0.15) is 0 Å². The SMILES string of the molecule is CCCc1nc(CN(C(=O)OC(C)(C)C)c2ccc(Oc3ccc(NC(=O)COc4ccc(CC5SC(=O)NC5=O)cc4)c(N(C)C(=O)OC(C)(C)C)c3)cc2)c(C(=O)O)n1Cc1ccc(-c2ccccc2-c2nnnn2C(c2ccccc2)(c2ccccc2)c2ccccc2)cc1. The molecular weight excluding hydrogens is 1260 g/mol. The fraction of sp³-hybridized carbons (Fsp3) is 0.237. The second-order valence-electron chi connectivity index (χ2n) is 25.4. The van der Waals surface area contributed by atoms with E-state index in [1.165, 1.54) is 16.8 Å². The molecule has 21 nitrogen and oxygen atoms in total. The molecule has 1 saturated heterocycles. The maximum Gasteiger partial charge on any atom is 0.415 e. The highest BCUT2D eigenvalue weighted by Gasteiger charge is 2.42. The largest absolute Gasteiger partial charge is 0.484 e. The quantitative estimate of drug-likeness (QED) is 0.0503. The summed E-state index contributed by atoms with van der Waals surface area (Å²) in [4.78, 5) is 86.2. The van der Waals surface area contributed by atoms with Gasteiger partial charge in [-0.05, 0) is 152 Å². The molecule has 1 fully saturated rings. The number of aryl methyl sites for hydroxylation is 1. The predicted octanol–water partition coefficient (Wildman–Crippen LogP) is 14.8. The zero-order chi connectivity index (χ0) is 69.3. The highest BCUT2D eigenvalue weighted by molar-refractivity contribution is 8.15. The Bertz CT molecular complexity index is 4420. The number of ether oxygens (including phenoxy) is 4. The van der Waals surface area contributed by atoms with Crippen molar-refractivity contribution in [2.75, 3.05) is 28.8 Å². The van der Waals surface area contributed by atoms with Crippen LogP contribution in [0, 0.1) is 0 Å². The number of hydrogen-bond donors (Lipinski definition) is 3. The van der Waals surface area contributed by atoms with Gasteiger partial charge in [0.15, 0.2) is 18.1 Å². The maximum absolute atomic E-state index is 14.4. The highest BCUT2D eigenvalue weighted by atomic mass is 32.2. The second kappa shape index (κ2) is 29.3. The molecule has 0 spiro atoms. The second-order valence-corrected chi connectivity index (χ2v) is 26.6. The number of nitrogens with one attached hydrogen (secondary N) is 2. The lowest BCUT2D eigenvalue weighted by Gasteiger charge is -2.36. The first-order valence-corrected chi connectivity index (χ1v) is 32.8. The summed E-state index contributed by atoms with van der Waals surface area (Å²) in [6.45, 7) is 11.9. The summed E-state index contributed by atoms with van der Waals surface area (Å²) in [7, 11) is 1.50. The number of imide groups is 1. The number of imidazole rings is 1. The van der Waals surface area contributed by atoms with Gasteiger partial charge >= 0.3 is 18.2 Å². The number of aromatic nitrogens is 6. The molecule has 2 aromatic heterocycles. The number of benzene rings is 8. The molecule has 1 aliphatic rings. The lowest BCUT2D eigenvalue weighted by Crippen LogP contribution is -2.39. The van der Waals surface area contributed by atoms with Crippen molar-refractivity contribution < 1.29 is 52.8 Å². The van der Waals surface area contributed by atoms with Crippen LogP contribution >= 0.6 is 11.8 Å². The van der Waals surface area contributed by atoms with Crippen LogP contribution < -0.4 is 29.9 Å². The molecule has 0 radical (unpaired) electrons. The fourth-order valence-electron chi connectivity index (χ4n) is 11.6. The van der Waals surface area contributed by atoms with Crippen LogP contribution in [-0.2, 0) is 50.5 Å². The summed E-state index contributed by atoms with van der Waals surface area (Å²) in [5.74, 6) is -0.0493. The number of carbonyl (C=O) groups excluding carboxylic acids is 5. The Balaban J connectivity index is 0.837. The Kier molecular flexibility index (Phi) is 20.3. The van der Waals surface area contributed by atoms with E-state index in [0.717, 1.165) is 56.3 Å². The summed E-state index contributed by atoms with van der Waals surface area (Å²) in [5, 5.41) is 29.2. The van der Waals surface area contributed by atoms with Crippen LogP contribution in [-0.4, -0.2) is 100 Å². The van der Waals surface area contributed by atoms with Crippen LogP contribution in [0.25, 0.3) is 22.5 Å². The molecule has 22 heteroatoms. The van der Waals surface area contributed by atoms with E-state index in [-0.39, 0.29) is 52.7 Å². The van der Waals surface area contributed by atoms with Crippen molar-refractivity contribution in [3.63, 3.8) is 0 Å². The van der Waals surface area contributed by atoms with E-state index in [2.05, 4.69) is 52.2 Å². The fourth-order valence-corrected chi connectivity index (χ4v) is 12.5. The number of carbonyl (C=O) groups is 6. The van der Waals surface area contributed by atoms with Crippen LogP contribution in [0.2, 0.25) is 0 Å². The minimum atomic E-state index is -1.23. The zero-order valence-corrected chi connectivity index (χ0v) is 56.3. The predicted molar refractivity (Wildman–Crippen MR) is 375 cm³/mol. The van der Waals surface area contributed by atoms with Crippen molar-refractivity contribution in [1.82, 2.24) is 35.1 Å². The van der Waals surface area contributed by atoms with Gasteiger partial charge in [-0.15, -0.1) is 5.10 Å². The van der Waals surface area contributed by atoms with Gasteiger partial charge in [0.05, 0.1) is 28.9 Å². The number of rotatable bonds is 23. The summed E-state index contributed by atoms with van der Waals surface area (Å²) in [6, 6.07) is 64.7. The molecule has 98 heavy (non-hydrogen) atoms. The van der Waals surface area contributed by atoms with E-state index in [9.17, 15) is 33.9 Å². The first-order chi connectivity index (χ1) is 47.0. The Morgan fingerprint density at radius 1 is 0.663 bits per heavy atom. The Hall–Kier alpha value is -11.4. The van der Waals surface area contributed by atoms with E-state index < -0.39 is 52.7 Å². The van der Waals surface area contributed by atoms with Crippen LogP contribution in [0.3, 0.4) is 0 Å². The summed E-state index contributed by atoms with van der Waals surface area (Å²) >= 11 is 0.943. The van der Waals surface area contributed by atoms with Crippen LogP contribution in [0.5, 0.6) is 17.2 Å². The molecule has 3 N–H and O–H groups in total. The molecule has 8 aromatic carbocycles. The van der Waals surface area contributed by atoms with E-state index in [0.29, 0.717) is 48.1 Å². The summed E-state index contributed by atoms with van der Waals surface area (Å²) in [5.41, 5.74) is 5.16. The van der Waals surface area contributed by atoms with Gasteiger partial charge in [0.25, 0.3) is 11.1 Å². The Morgan fingerprint density at radius 2 is 1.22 bits per heavy atom. The average molecular weight is 1340 g/mol. The van der Waals surface area contributed by atoms with Crippen molar-refractivity contribution in [2.24, 2.45) is 0 Å². The number of aromatic carboxylic acids is 1. The third-order valence-electron chi connectivity index (χ3n) is 16.0. The van der Waals surface area contributed by atoms with Crippen molar-refractivity contribution >= 4 is 64.0 Å². The van der Waals surface area contributed by atoms with Gasteiger partial charge in [0.1, 0.15) is 39.8 Å². The first kappa shape index (κ1) is 68.0. The molecule has 1 aliphatic heterocycles. The number of thioether (sulfide) groups is 1. The number of amides is 5. The minimum Gasteiger partial charge on any atom is -0.484 e. The number of nitrogens with zero attached hydrogens (tertiary/aromatic N) is 8. The Morgan fingerprint density at radius 3 is 1.80 bits per heavy atom. The third-order valence-corrected chi connectivity index (χ3v) is 17.0. The minimum absolute atomic E-state index is 0.0835. The number of anilines is 3. The van der Waals surface area contributed by atoms with Gasteiger partial charge < -0.3 is 33.9 Å².